The molecule has 0 aromatic heterocycles. The molecule has 0 aliphatic carbocycles. The zero-order valence-electron chi connectivity index (χ0n) is 10.4. The Morgan fingerprint density at radius 1 is 1.53 bits per heavy atom. The monoisotopic (exact) mass is 350 g/mol. The maximum atomic E-state index is 12.9. The number of rotatable bonds is 3. The summed E-state index contributed by atoms with van der Waals surface area (Å²) < 4.78 is 13.4. The van der Waals surface area contributed by atoms with E-state index in [0.29, 0.717) is 22.5 Å². The van der Waals surface area contributed by atoms with E-state index in [-0.39, 0.29) is 24.1 Å². The van der Waals surface area contributed by atoms with Crippen molar-refractivity contribution in [3.8, 4) is 0 Å². The number of piperidine rings is 1. The molecule has 3 nitrogen and oxygen atoms in total. The van der Waals surface area contributed by atoms with Crippen LogP contribution in [-0.4, -0.2) is 25.5 Å². The minimum Gasteiger partial charge on any atom is -0.352 e. The summed E-state index contributed by atoms with van der Waals surface area (Å²) in [6.07, 6.45) is 2.29. The molecule has 1 aromatic rings. The van der Waals surface area contributed by atoms with Gasteiger partial charge in [-0.1, -0.05) is 0 Å². The van der Waals surface area contributed by atoms with E-state index < -0.39 is 0 Å². The Bertz CT molecular complexity index is 439. The topological polar surface area (TPSA) is 41.1 Å². The van der Waals surface area contributed by atoms with Crippen LogP contribution < -0.4 is 10.6 Å². The van der Waals surface area contributed by atoms with E-state index in [1.54, 1.807) is 0 Å². The lowest BCUT2D eigenvalue weighted by molar-refractivity contribution is 0.0944. The lowest BCUT2D eigenvalue weighted by Gasteiger charge is -2.22. The predicted octanol–water partition coefficient (Wildman–Crippen LogP) is 2.74. The molecule has 0 saturated carbocycles. The SMILES string of the molecule is Cl.O=C(NCC1CCCNC1)c1ccc(F)cc1Br. The second-order valence-corrected chi connectivity index (χ2v) is 5.40. The fourth-order valence-corrected chi connectivity index (χ4v) is 2.64. The van der Waals surface area contributed by atoms with Gasteiger partial charge in [-0.25, -0.2) is 4.39 Å². The second-order valence-electron chi connectivity index (χ2n) is 4.55. The molecular weight excluding hydrogens is 335 g/mol. The van der Waals surface area contributed by atoms with Crippen LogP contribution in [0.5, 0.6) is 0 Å². The second kappa shape index (κ2) is 7.82. The molecule has 1 aromatic carbocycles. The van der Waals surface area contributed by atoms with E-state index in [9.17, 15) is 9.18 Å². The van der Waals surface area contributed by atoms with Crippen LogP contribution >= 0.6 is 28.3 Å². The molecule has 1 atom stereocenters. The van der Waals surface area contributed by atoms with E-state index in [1.165, 1.54) is 18.2 Å². The highest BCUT2D eigenvalue weighted by Gasteiger charge is 2.15. The molecule has 0 spiro atoms. The molecule has 106 valence electrons. The maximum absolute atomic E-state index is 12.9. The molecule has 0 bridgehead atoms. The highest BCUT2D eigenvalue weighted by Crippen LogP contribution is 2.18. The molecule has 1 aliphatic rings. The summed E-state index contributed by atoms with van der Waals surface area (Å²) in [6.45, 7) is 2.68. The lowest BCUT2D eigenvalue weighted by Crippen LogP contribution is -2.38. The first-order valence-corrected chi connectivity index (χ1v) is 6.90. The van der Waals surface area contributed by atoms with Crippen LogP contribution in [-0.2, 0) is 0 Å². The molecule has 1 saturated heterocycles. The Hall–Kier alpha value is -0.650. The van der Waals surface area contributed by atoms with Crippen molar-refractivity contribution in [2.24, 2.45) is 5.92 Å². The normalized spacial score (nSPS) is 18.5. The largest absolute Gasteiger partial charge is 0.352 e. The Morgan fingerprint density at radius 2 is 2.32 bits per heavy atom. The van der Waals surface area contributed by atoms with Crippen LogP contribution in [0.15, 0.2) is 22.7 Å². The molecular formula is C13H17BrClFN2O. The fourth-order valence-electron chi connectivity index (χ4n) is 2.10. The van der Waals surface area contributed by atoms with Crippen molar-refractivity contribution in [1.29, 1.82) is 0 Å². The third-order valence-electron chi connectivity index (χ3n) is 3.13. The van der Waals surface area contributed by atoms with Gasteiger partial charge in [-0.2, -0.15) is 0 Å². The summed E-state index contributed by atoms with van der Waals surface area (Å²) in [5, 5.41) is 6.20. The number of hydrogen-bond acceptors (Lipinski definition) is 2. The summed E-state index contributed by atoms with van der Waals surface area (Å²) in [5.74, 6) is -0.0238. The van der Waals surface area contributed by atoms with Gasteiger partial charge < -0.3 is 10.6 Å². The fraction of sp³-hybridized carbons (Fsp3) is 0.462. The molecule has 2 N–H and O–H groups in total. The van der Waals surface area contributed by atoms with Crippen LogP contribution in [0.2, 0.25) is 0 Å². The van der Waals surface area contributed by atoms with E-state index >= 15 is 0 Å². The smallest absolute Gasteiger partial charge is 0.252 e. The van der Waals surface area contributed by atoms with Gasteiger partial charge in [0.05, 0.1) is 5.56 Å². The summed E-state index contributed by atoms with van der Waals surface area (Å²) in [6, 6.07) is 4.09. The quantitative estimate of drug-likeness (QED) is 0.879. The molecule has 1 amide bonds. The summed E-state index contributed by atoms with van der Waals surface area (Å²) >= 11 is 3.20. The van der Waals surface area contributed by atoms with Crippen molar-refractivity contribution < 1.29 is 9.18 Å². The van der Waals surface area contributed by atoms with Gasteiger partial charge in [-0.05, 0) is 66.0 Å². The molecule has 1 aliphatic heterocycles. The molecule has 1 heterocycles. The average molecular weight is 352 g/mol. The first kappa shape index (κ1) is 16.4. The van der Waals surface area contributed by atoms with Crippen molar-refractivity contribution in [3.63, 3.8) is 0 Å². The Kier molecular flexibility index (Phi) is 6.75. The molecule has 1 fully saturated rings. The van der Waals surface area contributed by atoms with E-state index in [4.69, 9.17) is 0 Å². The summed E-state index contributed by atoms with van der Waals surface area (Å²) in [5.41, 5.74) is 0.472. The summed E-state index contributed by atoms with van der Waals surface area (Å²) in [7, 11) is 0. The van der Waals surface area contributed by atoms with Crippen molar-refractivity contribution in [2.75, 3.05) is 19.6 Å². The lowest BCUT2D eigenvalue weighted by atomic mass is 10.00. The van der Waals surface area contributed by atoms with Gasteiger partial charge in [0, 0.05) is 11.0 Å². The van der Waals surface area contributed by atoms with Crippen LogP contribution in [0.4, 0.5) is 4.39 Å². The van der Waals surface area contributed by atoms with Crippen LogP contribution in [0.25, 0.3) is 0 Å². The van der Waals surface area contributed by atoms with Gasteiger partial charge in [0.15, 0.2) is 0 Å². The first-order valence-electron chi connectivity index (χ1n) is 6.11. The van der Waals surface area contributed by atoms with Gasteiger partial charge in [-0.15, -0.1) is 12.4 Å². The maximum Gasteiger partial charge on any atom is 0.252 e. The molecule has 0 radical (unpaired) electrons. The number of nitrogens with one attached hydrogen (secondary N) is 2. The third kappa shape index (κ3) is 4.75. The van der Waals surface area contributed by atoms with Gasteiger partial charge >= 0.3 is 0 Å². The highest BCUT2D eigenvalue weighted by atomic mass is 79.9. The Balaban J connectivity index is 0.00000180. The summed E-state index contributed by atoms with van der Waals surface area (Å²) in [4.78, 5) is 11.9. The Labute approximate surface area is 126 Å². The van der Waals surface area contributed by atoms with Crippen molar-refractivity contribution in [2.45, 2.75) is 12.8 Å². The van der Waals surface area contributed by atoms with E-state index in [0.717, 1.165) is 25.9 Å². The minimum atomic E-state index is -0.352. The van der Waals surface area contributed by atoms with Crippen LogP contribution in [0.1, 0.15) is 23.2 Å². The molecule has 19 heavy (non-hydrogen) atoms. The molecule has 2 rings (SSSR count). The van der Waals surface area contributed by atoms with E-state index in [2.05, 4.69) is 26.6 Å². The number of halogens is 3. The third-order valence-corrected chi connectivity index (χ3v) is 3.78. The van der Waals surface area contributed by atoms with Gasteiger partial charge in [0.1, 0.15) is 5.82 Å². The molecule has 1 unspecified atom stereocenters. The van der Waals surface area contributed by atoms with Gasteiger partial charge in [-0.3, -0.25) is 4.79 Å². The van der Waals surface area contributed by atoms with Crippen molar-refractivity contribution in [3.05, 3.63) is 34.1 Å². The number of carbonyl (C=O) groups excluding carboxylic acids is 1. The molecule has 6 heteroatoms. The predicted molar refractivity (Wildman–Crippen MR) is 79.3 cm³/mol. The standard InChI is InChI=1S/C13H16BrFN2O.ClH/c14-12-6-10(15)3-4-11(12)13(18)17-8-9-2-1-5-16-7-9;/h3-4,6,9,16H,1-2,5,7-8H2,(H,17,18);1H. The first-order chi connectivity index (χ1) is 8.66. The number of hydrogen-bond donors (Lipinski definition) is 2. The number of amides is 1. The van der Waals surface area contributed by atoms with Gasteiger partial charge in [0.2, 0.25) is 0 Å². The number of carbonyl (C=O) groups is 1. The van der Waals surface area contributed by atoms with Gasteiger partial charge in [0.25, 0.3) is 5.91 Å². The average Bonchev–Trinajstić information content (AvgIpc) is 2.37. The zero-order valence-corrected chi connectivity index (χ0v) is 12.8. The Morgan fingerprint density at radius 3 is 2.95 bits per heavy atom. The zero-order chi connectivity index (χ0) is 13.0. The van der Waals surface area contributed by atoms with Crippen molar-refractivity contribution >= 4 is 34.2 Å². The van der Waals surface area contributed by atoms with Crippen molar-refractivity contribution in [1.82, 2.24) is 10.6 Å². The van der Waals surface area contributed by atoms with E-state index in [1.807, 2.05) is 0 Å². The van der Waals surface area contributed by atoms with Crippen LogP contribution in [0.3, 0.4) is 0 Å². The number of benzene rings is 1. The van der Waals surface area contributed by atoms with Crippen LogP contribution in [0, 0.1) is 11.7 Å². The highest BCUT2D eigenvalue weighted by molar-refractivity contribution is 9.10. The minimum absolute atomic E-state index is 0.